The van der Waals surface area contributed by atoms with Gasteiger partial charge in [0.2, 0.25) is 0 Å². The van der Waals surface area contributed by atoms with Gasteiger partial charge in [-0.15, -0.1) is 5.10 Å². The molecule has 12 heteroatoms. The van der Waals surface area contributed by atoms with Crippen molar-refractivity contribution < 1.29 is 28.2 Å². The number of nitrogens with one attached hydrogen (secondary N) is 2. The second kappa shape index (κ2) is 12.1. The Morgan fingerprint density at radius 2 is 1.77 bits per heavy atom. The number of amides is 1. The quantitative estimate of drug-likeness (QED) is 0.360. The highest BCUT2D eigenvalue weighted by Crippen LogP contribution is 2.27. The zero-order chi connectivity index (χ0) is 27.2. The number of carboxylic acid groups (broad SMARTS) is 1. The molecule has 0 bridgehead atoms. The molecule has 3 heterocycles. The molecule has 3 N–H and O–H groups in total. The van der Waals surface area contributed by atoms with Gasteiger partial charge in [0.25, 0.3) is 0 Å². The summed E-state index contributed by atoms with van der Waals surface area (Å²) in [7, 11) is 0. The van der Waals surface area contributed by atoms with Gasteiger partial charge in [-0.1, -0.05) is 5.10 Å². The van der Waals surface area contributed by atoms with Gasteiger partial charge in [0.1, 0.15) is 17.4 Å². The monoisotopic (exact) mass is 538 g/mol. The third-order valence-electron chi connectivity index (χ3n) is 7.14. The minimum absolute atomic E-state index is 0.0568. The summed E-state index contributed by atoms with van der Waals surface area (Å²) in [6.45, 7) is 1.49. The molecular weight excluding hydrogens is 507 g/mol. The van der Waals surface area contributed by atoms with Gasteiger partial charge in [-0.2, -0.15) is 0 Å². The molecule has 1 saturated heterocycles. The molecule has 0 atom stereocenters. The van der Waals surface area contributed by atoms with Crippen molar-refractivity contribution in [3.8, 4) is 5.75 Å². The van der Waals surface area contributed by atoms with Gasteiger partial charge >= 0.3 is 23.8 Å². The maximum Gasteiger partial charge on any atom is 0.316 e. The summed E-state index contributed by atoms with van der Waals surface area (Å²) in [6, 6.07) is 9.90. The minimum Gasteiger partial charge on any atom is -0.490 e. The highest BCUT2D eigenvalue weighted by Gasteiger charge is 2.25. The number of nitrogens with zero attached hydrogens (tertiary/aromatic N) is 4. The van der Waals surface area contributed by atoms with Crippen LogP contribution >= 0.6 is 0 Å². The molecular formula is C27H31FN6O5. The number of hydrogen-bond acceptors (Lipinski definition) is 9. The van der Waals surface area contributed by atoms with Crippen LogP contribution in [0.25, 0.3) is 0 Å². The number of benzene rings is 1. The number of hydrogen-bond donors (Lipinski definition) is 3. The number of pyridine rings is 1. The molecule has 1 aliphatic heterocycles. The van der Waals surface area contributed by atoms with Crippen LogP contribution in [0.1, 0.15) is 55.6 Å². The second-order valence-corrected chi connectivity index (χ2v) is 9.99. The van der Waals surface area contributed by atoms with Crippen molar-refractivity contribution in [2.24, 2.45) is 5.92 Å². The first-order valence-electron chi connectivity index (χ1n) is 13.2. The Bertz CT molecular complexity index is 1250. The number of aliphatic carboxylic acids is 1. The molecule has 2 fully saturated rings. The largest absolute Gasteiger partial charge is 0.490 e. The third kappa shape index (κ3) is 7.21. The van der Waals surface area contributed by atoms with Crippen LogP contribution in [0.5, 0.6) is 5.75 Å². The highest BCUT2D eigenvalue weighted by atomic mass is 19.1. The first-order valence-corrected chi connectivity index (χ1v) is 13.2. The van der Waals surface area contributed by atoms with Crippen molar-refractivity contribution in [1.29, 1.82) is 0 Å². The van der Waals surface area contributed by atoms with E-state index in [1.807, 2.05) is 6.07 Å². The van der Waals surface area contributed by atoms with Gasteiger partial charge in [0.15, 0.2) is 0 Å². The van der Waals surface area contributed by atoms with Crippen molar-refractivity contribution in [3.05, 3.63) is 54.3 Å². The van der Waals surface area contributed by atoms with E-state index in [0.717, 1.165) is 57.4 Å². The summed E-state index contributed by atoms with van der Waals surface area (Å²) in [4.78, 5) is 30.1. The first kappa shape index (κ1) is 26.4. The molecule has 3 aromatic rings. The lowest BCUT2D eigenvalue weighted by Gasteiger charge is -2.32. The predicted molar refractivity (Wildman–Crippen MR) is 140 cm³/mol. The van der Waals surface area contributed by atoms with Gasteiger partial charge in [-0.25, -0.2) is 9.37 Å². The molecule has 1 aliphatic carbocycles. The van der Waals surface area contributed by atoms with E-state index in [-0.39, 0.29) is 42.2 Å². The molecule has 2 aliphatic rings. The van der Waals surface area contributed by atoms with E-state index >= 15 is 0 Å². The lowest BCUT2D eigenvalue weighted by molar-refractivity contribution is -0.138. The number of carbonyl (C=O) groups excluding carboxylic acids is 1. The molecule has 1 amide bonds. The lowest BCUT2D eigenvalue weighted by Crippen LogP contribution is -2.34. The van der Waals surface area contributed by atoms with E-state index in [2.05, 4.69) is 30.7 Å². The van der Waals surface area contributed by atoms with Crippen LogP contribution in [0.2, 0.25) is 0 Å². The zero-order valence-corrected chi connectivity index (χ0v) is 21.4. The first-order chi connectivity index (χ1) is 18.9. The number of aromatic nitrogens is 3. The Morgan fingerprint density at radius 3 is 2.44 bits per heavy atom. The van der Waals surface area contributed by atoms with Crippen LogP contribution in [0.3, 0.4) is 0 Å². The van der Waals surface area contributed by atoms with E-state index in [1.165, 1.54) is 12.1 Å². The van der Waals surface area contributed by atoms with Crippen LogP contribution in [0.4, 0.5) is 21.9 Å². The number of carbonyl (C=O) groups is 2. The molecule has 5 rings (SSSR count). The van der Waals surface area contributed by atoms with E-state index in [0.29, 0.717) is 11.4 Å². The maximum atomic E-state index is 13.1. The third-order valence-corrected chi connectivity index (χ3v) is 7.14. The SMILES string of the molecule is O=C(O)CC1CCN(c2ccc(NC(=O)c3nnc(NC4CCC(Oc5ccc(F)cc5)CC4)o3)cn2)CC1. The van der Waals surface area contributed by atoms with Crippen molar-refractivity contribution in [2.75, 3.05) is 28.6 Å². The zero-order valence-electron chi connectivity index (χ0n) is 21.4. The lowest BCUT2D eigenvalue weighted by atomic mass is 9.93. The Balaban J connectivity index is 1.06. The topological polar surface area (TPSA) is 143 Å². The summed E-state index contributed by atoms with van der Waals surface area (Å²) in [5, 5.41) is 22.7. The molecule has 39 heavy (non-hydrogen) atoms. The molecule has 0 spiro atoms. The van der Waals surface area contributed by atoms with Crippen LogP contribution in [-0.2, 0) is 4.79 Å². The summed E-state index contributed by atoms with van der Waals surface area (Å²) in [5.41, 5.74) is 0.497. The predicted octanol–water partition coefficient (Wildman–Crippen LogP) is 4.35. The average Bonchev–Trinajstić information content (AvgIpc) is 3.40. The average molecular weight is 539 g/mol. The van der Waals surface area contributed by atoms with Crippen molar-refractivity contribution >= 4 is 29.4 Å². The Hall–Kier alpha value is -4.22. The summed E-state index contributed by atoms with van der Waals surface area (Å²) in [6.07, 6.45) is 6.74. The smallest absolute Gasteiger partial charge is 0.316 e. The molecule has 1 saturated carbocycles. The number of rotatable bonds is 9. The normalized spacial score (nSPS) is 19.9. The van der Waals surface area contributed by atoms with Crippen LogP contribution in [0, 0.1) is 11.7 Å². The molecule has 0 radical (unpaired) electrons. The van der Waals surface area contributed by atoms with Crippen molar-refractivity contribution in [2.45, 2.75) is 57.1 Å². The second-order valence-electron chi connectivity index (χ2n) is 9.99. The van der Waals surface area contributed by atoms with E-state index < -0.39 is 11.9 Å². The number of piperidine rings is 1. The standard InChI is InChI=1S/C27H31FN6O5/c28-18-1-6-21(7-2-18)38-22-8-3-19(4-9-22)31-27-33-32-26(39-27)25(37)30-20-5-10-23(29-16-20)34-13-11-17(12-14-34)15-24(35)36/h1-2,5-7,10,16-17,19,22H,3-4,8-9,11-15H2,(H,30,37)(H,31,33)(H,35,36). The summed E-state index contributed by atoms with van der Waals surface area (Å²) in [5.74, 6) is -0.102. The van der Waals surface area contributed by atoms with Crippen molar-refractivity contribution in [3.63, 3.8) is 0 Å². The van der Waals surface area contributed by atoms with Crippen LogP contribution in [0.15, 0.2) is 47.0 Å². The molecule has 1 aromatic carbocycles. The molecule has 11 nitrogen and oxygen atoms in total. The molecule has 0 unspecified atom stereocenters. The van der Waals surface area contributed by atoms with Crippen LogP contribution < -0.4 is 20.3 Å². The number of anilines is 3. The van der Waals surface area contributed by atoms with Gasteiger partial charge < -0.3 is 29.8 Å². The fourth-order valence-corrected chi connectivity index (χ4v) is 5.02. The Morgan fingerprint density at radius 1 is 1.03 bits per heavy atom. The Labute approximate surface area is 224 Å². The fourth-order valence-electron chi connectivity index (χ4n) is 5.02. The summed E-state index contributed by atoms with van der Waals surface area (Å²) < 4.78 is 24.5. The Kier molecular flexibility index (Phi) is 8.18. The van der Waals surface area contributed by atoms with Gasteiger partial charge in [0, 0.05) is 25.6 Å². The maximum absolute atomic E-state index is 13.1. The van der Waals surface area contributed by atoms with Gasteiger partial charge in [-0.05, 0) is 80.8 Å². The number of carboxylic acids is 1. The van der Waals surface area contributed by atoms with E-state index in [4.69, 9.17) is 14.3 Å². The molecule has 2 aromatic heterocycles. The summed E-state index contributed by atoms with van der Waals surface area (Å²) >= 11 is 0. The van der Waals surface area contributed by atoms with Crippen molar-refractivity contribution in [1.82, 2.24) is 15.2 Å². The fraction of sp³-hybridized carbons (Fsp3) is 0.444. The molecule has 206 valence electrons. The van der Waals surface area contributed by atoms with E-state index in [1.54, 1.807) is 24.4 Å². The van der Waals surface area contributed by atoms with Crippen LogP contribution in [-0.4, -0.2) is 57.4 Å². The number of ether oxygens (including phenoxy) is 1. The van der Waals surface area contributed by atoms with E-state index in [9.17, 15) is 14.0 Å². The number of halogens is 1. The van der Waals surface area contributed by atoms with Gasteiger partial charge in [-0.3, -0.25) is 9.59 Å². The van der Waals surface area contributed by atoms with Gasteiger partial charge in [0.05, 0.1) is 18.0 Å². The highest BCUT2D eigenvalue weighted by molar-refractivity contribution is 6.00. The minimum atomic E-state index is -0.756.